The van der Waals surface area contributed by atoms with Crippen LogP contribution in [0.1, 0.15) is 36.0 Å². The highest BCUT2D eigenvalue weighted by atomic mass is 16.6. The average molecular weight is 225 g/mol. The quantitative estimate of drug-likeness (QED) is 0.733. The zero-order valence-corrected chi connectivity index (χ0v) is 9.43. The van der Waals surface area contributed by atoms with Gasteiger partial charge in [-0.2, -0.15) is 0 Å². The van der Waals surface area contributed by atoms with Gasteiger partial charge in [0.05, 0.1) is 12.2 Å². The van der Waals surface area contributed by atoms with Crippen molar-refractivity contribution in [2.75, 3.05) is 6.61 Å². The summed E-state index contributed by atoms with van der Waals surface area (Å²) in [6.07, 6.45) is 3.47. The fourth-order valence-electron chi connectivity index (χ4n) is 1.75. The summed E-state index contributed by atoms with van der Waals surface area (Å²) >= 11 is 0. The van der Waals surface area contributed by atoms with Gasteiger partial charge in [-0.05, 0) is 26.7 Å². The monoisotopic (exact) mass is 225 g/mol. The molecule has 1 fully saturated rings. The third kappa shape index (κ3) is 2.41. The van der Waals surface area contributed by atoms with E-state index < -0.39 is 5.97 Å². The first-order valence-corrected chi connectivity index (χ1v) is 5.39. The lowest BCUT2D eigenvalue weighted by Crippen LogP contribution is -2.19. The average Bonchev–Trinajstić information content (AvgIpc) is 2.84. The van der Waals surface area contributed by atoms with Crippen LogP contribution in [0, 0.1) is 6.92 Å². The molecule has 0 aliphatic carbocycles. The van der Waals surface area contributed by atoms with Crippen molar-refractivity contribution in [1.82, 2.24) is 4.98 Å². The predicted octanol–water partition coefficient (Wildman–Crippen LogP) is 1.71. The molecule has 0 N–H and O–H groups in total. The van der Waals surface area contributed by atoms with Crippen molar-refractivity contribution in [3.8, 4) is 0 Å². The van der Waals surface area contributed by atoms with Gasteiger partial charge in [0.25, 0.3) is 0 Å². The van der Waals surface area contributed by atoms with E-state index in [2.05, 4.69) is 4.98 Å². The van der Waals surface area contributed by atoms with Gasteiger partial charge >= 0.3 is 5.97 Å². The number of nitrogens with zero attached hydrogens (tertiary/aromatic N) is 1. The van der Waals surface area contributed by atoms with Crippen LogP contribution in [0.5, 0.6) is 0 Å². The normalized spacial score (nSPS) is 24.6. The third-order valence-electron chi connectivity index (χ3n) is 2.66. The van der Waals surface area contributed by atoms with Crippen molar-refractivity contribution in [3.05, 3.63) is 17.8 Å². The molecule has 0 unspecified atom stereocenters. The van der Waals surface area contributed by atoms with Gasteiger partial charge in [-0.25, -0.2) is 9.78 Å². The summed E-state index contributed by atoms with van der Waals surface area (Å²) in [7, 11) is 0. The molecule has 2 heterocycles. The fourth-order valence-corrected chi connectivity index (χ4v) is 1.75. The van der Waals surface area contributed by atoms with Crippen molar-refractivity contribution in [2.24, 2.45) is 0 Å². The van der Waals surface area contributed by atoms with E-state index in [-0.39, 0.29) is 24.5 Å². The molecule has 0 bridgehead atoms. The summed E-state index contributed by atoms with van der Waals surface area (Å²) in [5, 5.41) is 0. The Hall–Kier alpha value is -1.36. The molecule has 0 aromatic carbocycles. The zero-order valence-electron chi connectivity index (χ0n) is 9.43. The molecular weight excluding hydrogens is 210 g/mol. The number of esters is 1. The lowest BCUT2D eigenvalue weighted by atomic mass is 10.2. The molecule has 1 aliphatic rings. The Morgan fingerprint density at radius 3 is 3.00 bits per heavy atom. The Morgan fingerprint density at radius 2 is 2.44 bits per heavy atom. The van der Waals surface area contributed by atoms with Gasteiger partial charge in [0.1, 0.15) is 12.4 Å². The molecule has 1 saturated heterocycles. The Balaban J connectivity index is 1.82. The number of aryl methyl sites for hydroxylation is 1. The van der Waals surface area contributed by atoms with E-state index in [4.69, 9.17) is 13.9 Å². The van der Waals surface area contributed by atoms with E-state index in [0.29, 0.717) is 5.76 Å². The van der Waals surface area contributed by atoms with E-state index >= 15 is 0 Å². The summed E-state index contributed by atoms with van der Waals surface area (Å²) in [5.41, 5.74) is 0.242. The first-order chi connectivity index (χ1) is 7.66. The van der Waals surface area contributed by atoms with Crippen molar-refractivity contribution in [2.45, 2.75) is 38.9 Å². The summed E-state index contributed by atoms with van der Waals surface area (Å²) in [6.45, 7) is 3.98. The Kier molecular flexibility index (Phi) is 3.24. The molecule has 16 heavy (non-hydrogen) atoms. The van der Waals surface area contributed by atoms with Gasteiger partial charge in [0.15, 0.2) is 12.1 Å². The number of carbonyl (C=O) groups is 1. The molecule has 0 amide bonds. The van der Waals surface area contributed by atoms with Crippen LogP contribution in [0.3, 0.4) is 0 Å². The Morgan fingerprint density at radius 1 is 1.62 bits per heavy atom. The summed E-state index contributed by atoms with van der Waals surface area (Å²) < 4.78 is 15.6. The number of carbonyl (C=O) groups excluding carboxylic acids is 1. The second-order valence-electron chi connectivity index (χ2n) is 4.00. The number of oxazole rings is 1. The van der Waals surface area contributed by atoms with E-state index in [1.807, 2.05) is 6.92 Å². The molecule has 0 spiro atoms. The highest BCUT2D eigenvalue weighted by Gasteiger charge is 2.24. The molecule has 2 rings (SSSR count). The van der Waals surface area contributed by atoms with E-state index in [0.717, 1.165) is 12.8 Å². The third-order valence-corrected chi connectivity index (χ3v) is 2.66. The fraction of sp³-hybridized carbons (Fsp3) is 0.636. The van der Waals surface area contributed by atoms with Crippen LogP contribution in [-0.4, -0.2) is 29.8 Å². The highest BCUT2D eigenvalue weighted by molar-refractivity contribution is 5.88. The molecule has 88 valence electrons. The topological polar surface area (TPSA) is 61.6 Å². The Labute approximate surface area is 93.7 Å². The molecule has 2 atom stereocenters. The number of ether oxygens (including phenoxy) is 2. The number of hydrogen-bond donors (Lipinski definition) is 0. The van der Waals surface area contributed by atoms with Crippen LogP contribution < -0.4 is 0 Å². The van der Waals surface area contributed by atoms with Gasteiger partial charge < -0.3 is 13.9 Å². The number of aromatic nitrogens is 1. The summed E-state index contributed by atoms with van der Waals surface area (Å²) in [5.74, 6) is 0.0279. The predicted molar refractivity (Wildman–Crippen MR) is 55.1 cm³/mol. The van der Waals surface area contributed by atoms with Crippen LogP contribution in [0.4, 0.5) is 0 Å². The SMILES string of the molecule is Cc1ocnc1C(=O)OC[C@H]1CC[C@H](C)O1. The first-order valence-electron chi connectivity index (χ1n) is 5.39. The molecule has 1 aromatic rings. The second-order valence-corrected chi connectivity index (χ2v) is 4.00. The van der Waals surface area contributed by atoms with Crippen LogP contribution in [0.15, 0.2) is 10.8 Å². The van der Waals surface area contributed by atoms with E-state index in [9.17, 15) is 4.79 Å². The van der Waals surface area contributed by atoms with E-state index in [1.54, 1.807) is 6.92 Å². The van der Waals surface area contributed by atoms with Gasteiger partial charge in [0, 0.05) is 0 Å². The zero-order chi connectivity index (χ0) is 11.5. The standard InChI is InChI=1S/C11H15NO4/c1-7-3-4-9(16-7)5-14-11(13)10-8(2)15-6-12-10/h6-7,9H,3-5H2,1-2H3/t7-,9+/m0/s1. The van der Waals surface area contributed by atoms with Gasteiger partial charge in [-0.3, -0.25) is 0 Å². The minimum atomic E-state index is -0.450. The minimum Gasteiger partial charge on any atom is -0.458 e. The summed E-state index contributed by atoms with van der Waals surface area (Å²) in [6, 6.07) is 0. The Bertz CT molecular complexity index is 374. The summed E-state index contributed by atoms with van der Waals surface area (Å²) in [4.78, 5) is 15.4. The van der Waals surface area contributed by atoms with Crippen molar-refractivity contribution >= 4 is 5.97 Å². The van der Waals surface area contributed by atoms with Crippen molar-refractivity contribution < 1.29 is 18.7 Å². The maximum absolute atomic E-state index is 11.6. The molecule has 5 heteroatoms. The van der Waals surface area contributed by atoms with Crippen LogP contribution >= 0.6 is 0 Å². The first kappa shape index (κ1) is 11.1. The lowest BCUT2D eigenvalue weighted by Gasteiger charge is -2.10. The largest absolute Gasteiger partial charge is 0.458 e. The number of hydrogen-bond acceptors (Lipinski definition) is 5. The number of rotatable bonds is 3. The van der Waals surface area contributed by atoms with Crippen molar-refractivity contribution in [1.29, 1.82) is 0 Å². The van der Waals surface area contributed by atoms with Crippen LogP contribution in [-0.2, 0) is 9.47 Å². The molecule has 5 nitrogen and oxygen atoms in total. The van der Waals surface area contributed by atoms with Gasteiger partial charge in [-0.15, -0.1) is 0 Å². The van der Waals surface area contributed by atoms with Crippen LogP contribution in [0.2, 0.25) is 0 Å². The van der Waals surface area contributed by atoms with Crippen LogP contribution in [0.25, 0.3) is 0 Å². The van der Waals surface area contributed by atoms with Gasteiger partial charge in [0.2, 0.25) is 0 Å². The molecule has 1 aliphatic heterocycles. The minimum absolute atomic E-state index is 0.0196. The smallest absolute Gasteiger partial charge is 0.360 e. The molecular formula is C11H15NO4. The van der Waals surface area contributed by atoms with E-state index in [1.165, 1.54) is 6.39 Å². The van der Waals surface area contributed by atoms with Gasteiger partial charge in [-0.1, -0.05) is 0 Å². The molecule has 0 radical (unpaired) electrons. The molecule has 1 aromatic heterocycles. The van der Waals surface area contributed by atoms with Crippen molar-refractivity contribution in [3.63, 3.8) is 0 Å². The molecule has 0 saturated carbocycles. The maximum Gasteiger partial charge on any atom is 0.360 e. The second kappa shape index (κ2) is 4.65. The highest BCUT2D eigenvalue weighted by Crippen LogP contribution is 2.19. The maximum atomic E-state index is 11.6. The lowest BCUT2D eigenvalue weighted by molar-refractivity contribution is -0.00305.